The van der Waals surface area contributed by atoms with Crippen molar-refractivity contribution < 1.29 is 0 Å². The first-order valence-corrected chi connectivity index (χ1v) is 6.83. The maximum absolute atomic E-state index is 3.53. The molecule has 0 aromatic carbocycles. The molecule has 0 radical (unpaired) electrons. The van der Waals surface area contributed by atoms with Crippen LogP contribution in [0.1, 0.15) is 47.5 Å². The van der Waals surface area contributed by atoms with Crippen molar-refractivity contribution in [2.75, 3.05) is 26.2 Å². The molecule has 1 aliphatic heterocycles. The second kappa shape index (κ2) is 6.02. The summed E-state index contributed by atoms with van der Waals surface area (Å²) in [4.78, 5) is 2.70. The molecule has 0 amide bonds. The van der Waals surface area contributed by atoms with Gasteiger partial charge in [-0.1, -0.05) is 34.6 Å². The summed E-state index contributed by atoms with van der Waals surface area (Å²) < 4.78 is 0. The minimum atomic E-state index is 0.466. The number of nitrogens with one attached hydrogen (secondary N) is 1. The van der Waals surface area contributed by atoms with E-state index in [1.165, 1.54) is 39.0 Å². The largest absolute Gasteiger partial charge is 0.314 e. The van der Waals surface area contributed by atoms with Crippen molar-refractivity contribution in [2.45, 2.75) is 53.5 Å². The minimum absolute atomic E-state index is 0.466. The fourth-order valence-electron chi connectivity index (χ4n) is 2.35. The molecule has 1 N–H and O–H groups in total. The van der Waals surface area contributed by atoms with E-state index in [1.807, 2.05) is 0 Å². The summed E-state index contributed by atoms with van der Waals surface area (Å²) in [5.41, 5.74) is 0.466. The van der Waals surface area contributed by atoms with Crippen LogP contribution in [-0.2, 0) is 0 Å². The Bertz CT molecular complexity index is 193. The molecule has 1 unspecified atom stereocenters. The number of nitrogens with zero attached hydrogens (tertiary/aromatic N) is 1. The highest BCUT2D eigenvalue weighted by molar-refractivity contribution is 4.81. The van der Waals surface area contributed by atoms with E-state index in [0.29, 0.717) is 5.41 Å². The zero-order chi connectivity index (χ0) is 12.2. The molecule has 2 heteroatoms. The molecular formula is C14H30N2. The van der Waals surface area contributed by atoms with Crippen molar-refractivity contribution in [3.63, 3.8) is 0 Å². The molecule has 16 heavy (non-hydrogen) atoms. The molecule has 0 spiro atoms. The van der Waals surface area contributed by atoms with Gasteiger partial charge in [0.05, 0.1) is 0 Å². The lowest BCUT2D eigenvalue weighted by atomic mass is 9.91. The molecule has 2 nitrogen and oxygen atoms in total. The number of hydrogen-bond acceptors (Lipinski definition) is 2. The van der Waals surface area contributed by atoms with Crippen molar-refractivity contribution in [3.05, 3.63) is 0 Å². The van der Waals surface area contributed by atoms with Gasteiger partial charge in [0.2, 0.25) is 0 Å². The van der Waals surface area contributed by atoms with E-state index >= 15 is 0 Å². The zero-order valence-corrected chi connectivity index (χ0v) is 11.8. The average molecular weight is 226 g/mol. The van der Waals surface area contributed by atoms with Crippen LogP contribution in [0.2, 0.25) is 0 Å². The first kappa shape index (κ1) is 14.0. The molecule has 0 saturated carbocycles. The topological polar surface area (TPSA) is 15.3 Å². The predicted octanol–water partition coefficient (Wildman–Crippen LogP) is 2.74. The smallest absolute Gasteiger partial charge is 0.0223 e. The lowest BCUT2D eigenvalue weighted by Crippen LogP contribution is -2.52. The summed E-state index contributed by atoms with van der Waals surface area (Å²) in [7, 11) is 0. The van der Waals surface area contributed by atoms with Crippen molar-refractivity contribution in [3.8, 4) is 0 Å². The lowest BCUT2D eigenvalue weighted by molar-refractivity contribution is 0.125. The maximum Gasteiger partial charge on any atom is 0.0223 e. The Morgan fingerprint density at radius 2 is 2.00 bits per heavy atom. The fourth-order valence-corrected chi connectivity index (χ4v) is 2.35. The Balaban J connectivity index is 2.41. The summed E-state index contributed by atoms with van der Waals surface area (Å²) in [5.74, 6) is 0.807. The zero-order valence-electron chi connectivity index (χ0n) is 11.8. The van der Waals surface area contributed by atoms with E-state index in [0.717, 1.165) is 12.0 Å². The third-order valence-corrected chi connectivity index (χ3v) is 3.36. The van der Waals surface area contributed by atoms with Gasteiger partial charge in [-0.3, -0.25) is 4.90 Å². The number of piperazine rings is 1. The quantitative estimate of drug-likeness (QED) is 0.793. The molecule has 1 heterocycles. The van der Waals surface area contributed by atoms with Gasteiger partial charge in [0.25, 0.3) is 0 Å². The van der Waals surface area contributed by atoms with Gasteiger partial charge < -0.3 is 5.32 Å². The molecule has 1 fully saturated rings. The van der Waals surface area contributed by atoms with Gasteiger partial charge >= 0.3 is 0 Å². The molecule has 1 saturated heterocycles. The highest BCUT2D eigenvalue weighted by atomic mass is 15.2. The maximum atomic E-state index is 3.53. The van der Waals surface area contributed by atoms with Gasteiger partial charge in [0.1, 0.15) is 0 Å². The van der Waals surface area contributed by atoms with Crippen LogP contribution in [0.15, 0.2) is 0 Å². The molecule has 0 aliphatic carbocycles. The highest BCUT2D eigenvalue weighted by Crippen LogP contribution is 2.21. The Morgan fingerprint density at radius 3 is 2.56 bits per heavy atom. The van der Waals surface area contributed by atoms with Crippen molar-refractivity contribution in [1.29, 1.82) is 0 Å². The Kier molecular flexibility index (Phi) is 5.26. The summed E-state index contributed by atoms with van der Waals surface area (Å²) in [6.45, 7) is 16.5. The second-order valence-corrected chi connectivity index (χ2v) is 6.83. The van der Waals surface area contributed by atoms with Gasteiger partial charge in [-0.15, -0.1) is 0 Å². The number of hydrogen-bond donors (Lipinski definition) is 1. The standard InChI is InChI=1S/C14H30N2/c1-12(2)10-13-11-15-7-9-16(13)8-6-14(3,4)5/h12-13,15H,6-11H2,1-5H3. The van der Waals surface area contributed by atoms with E-state index in [1.54, 1.807) is 0 Å². The number of rotatable bonds is 4. The average Bonchev–Trinajstić information content (AvgIpc) is 2.14. The summed E-state index contributed by atoms with van der Waals surface area (Å²) in [5, 5.41) is 3.53. The van der Waals surface area contributed by atoms with E-state index in [4.69, 9.17) is 0 Å². The SMILES string of the molecule is CC(C)CC1CNCCN1CCC(C)(C)C. The molecule has 1 aliphatic rings. The van der Waals surface area contributed by atoms with Crippen LogP contribution in [0.4, 0.5) is 0 Å². The van der Waals surface area contributed by atoms with Gasteiger partial charge in [0, 0.05) is 25.7 Å². The van der Waals surface area contributed by atoms with Crippen LogP contribution in [0, 0.1) is 11.3 Å². The minimum Gasteiger partial charge on any atom is -0.314 e. The third kappa shape index (κ3) is 5.31. The second-order valence-electron chi connectivity index (χ2n) is 6.83. The highest BCUT2D eigenvalue weighted by Gasteiger charge is 2.23. The van der Waals surface area contributed by atoms with Crippen LogP contribution in [0.5, 0.6) is 0 Å². The third-order valence-electron chi connectivity index (χ3n) is 3.36. The van der Waals surface area contributed by atoms with E-state index in [-0.39, 0.29) is 0 Å². The Hall–Kier alpha value is -0.0800. The van der Waals surface area contributed by atoms with Crippen LogP contribution < -0.4 is 5.32 Å². The van der Waals surface area contributed by atoms with Gasteiger partial charge in [-0.05, 0) is 30.7 Å². The van der Waals surface area contributed by atoms with Crippen LogP contribution in [-0.4, -0.2) is 37.1 Å². The normalized spacial score (nSPS) is 24.0. The molecule has 1 atom stereocenters. The monoisotopic (exact) mass is 226 g/mol. The summed E-state index contributed by atoms with van der Waals surface area (Å²) >= 11 is 0. The van der Waals surface area contributed by atoms with Gasteiger partial charge in [-0.2, -0.15) is 0 Å². The molecule has 0 bridgehead atoms. The first-order valence-electron chi connectivity index (χ1n) is 6.83. The van der Waals surface area contributed by atoms with Crippen LogP contribution in [0.3, 0.4) is 0 Å². The van der Waals surface area contributed by atoms with Gasteiger partial charge in [-0.25, -0.2) is 0 Å². The fraction of sp³-hybridized carbons (Fsp3) is 1.00. The molecule has 0 aromatic rings. The molecule has 0 aromatic heterocycles. The Labute approximate surface area is 102 Å². The molecule has 1 rings (SSSR count). The van der Waals surface area contributed by atoms with E-state index in [9.17, 15) is 0 Å². The van der Waals surface area contributed by atoms with Gasteiger partial charge in [0.15, 0.2) is 0 Å². The summed E-state index contributed by atoms with van der Waals surface area (Å²) in [6, 6.07) is 0.760. The lowest BCUT2D eigenvalue weighted by Gasteiger charge is -2.38. The predicted molar refractivity (Wildman–Crippen MR) is 71.8 cm³/mol. The van der Waals surface area contributed by atoms with Crippen LogP contribution in [0.25, 0.3) is 0 Å². The van der Waals surface area contributed by atoms with E-state index < -0.39 is 0 Å². The van der Waals surface area contributed by atoms with Crippen molar-refractivity contribution in [2.24, 2.45) is 11.3 Å². The summed E-state index contributed by atoms with van der Waals surface area (Å²) in [6.07, 6.45) is 2.64. The van der Waals surface area contributed by atoms with Crippen molar-refractivity contribution in [1.82, 2.24) is 10.2 Å². The van der Waals surface area contributed by atoms with Crippen LogP contribution >= 0.6 is 0 Å². The molecular weight excluding hydrogens is 196 g/mol. The molecule has 96 valence electrons. The Morgan fingerprint density at radius 1 is 1.31 bits per heavy atom. The first-order chi connectivity index (χ1) is 7.38. The van der Waals surface area contributed by atoms with E-state index in [2.05, 4.69) is 44.8 Å². The van der Waals surface area contributed by atoms with Crippen molar-refractivity contribution >= 4 is 0 Å².